The molecule has 1 aromatic heterocycles. The second-order valence-corrected chi connectivity index (χ2v) is 8.58. The van der Waals surface area contributed by atoms with E-state index in [0.29, 0.717) is 5.75 Å². The van der Waals surface area contributed by atoms with Crippen LogP contribution >= 0.6 is 11.9 Å². The van der Waals surface area contributed by atoms with Crippen molar-refractivity contribution in [2.24, 2.45) is 0 Å². The Kier molecular flexibility index (Phi) is 5.42. The molecule has 1 saturated heterocycles. The highest BCUT2D eigenvalue weighted by Gasteiger charge is 2.18. The Balaban J connectivity index is 1.63. The number of phenolic OH excluding ortho intramolecular Hbond substituents is 1. The van der Waals surface area contributed by atoms with Gasteiger partial charge in [0, 0.05) is 31.9 Å². The van der Waals surface area contributed by atoms with E-state index in [2.05, 4.69) is 33.2 Å². The van der Waals surface area contributed by atoms with Crippen LogP contribution in [0.1, 0.15) is 18.1 Å². The van der Waals surface area contributed by atoms with E-state index in [4.69, 9.17) is 4.98 Å². The second kappa shape index (κ2) is 7.97. The first-order valence-corrected chi connectivity index (χ1v) is 10.7. The predicted molar refractivity (Wildman–Crippen MR) is 118 cm³/mol. The molecule has 4 rings (SSSR count). The molecule has 146 valence electrons. The molecule has 2 heterocycles. The number of hydrogen-bond donors (Lipinski definition) is 1. The van der Waals surface area contributed by atoms with Gasteiger partial charge in [0.1, 0.15) is 11.6 Å². The number of aryl methyl sites for hydroxylation is 2. The van der Waals surface area contributed by atoms with Crippen molar-refractivity contribution >= 4 is 28.8 Å². The van der Waals surface area contributed by atoms with Crippen LogP contribution in [0.4, 0.5) is 5.82 Å². The largest absolute Gasteiger partial charge is 0.507 e. The Morgan fingerprint density at radius 3 is 2.36 bits per heavy atom. The quantitative estimate of drug-likeness (QED) is 0.662. The summed E-state index contributed by atoms with van der Waals surface area (Å²) in [5.74, 6) is 2.44. The number of anilines is 1. The van der Waals surface area contributed by atoms with Crippen LogP contribution in [0.25, 0.3) is 22.2 Å². The average Bonchev–Trinajstić information content (AvgIpc) is 2.71. The summed E-state index contributed by atoms with van der Waals surface area (Å²) >= 11 is 1.91. The lowest BCUT2D eigenvalue weighted by Crippen LogP contribution is -2.43. The normalized spacial score (nSPS) is 15.3. The van der Waals surface area contributed by atoms with Gasteiger partial charge in [-0.25, -0.2) is 9.29 Å². The van der Waals surface area contributed by atoms with Gasteiger partial charge in [-0.05, 0) is 60.4 Å². The summed E-state index contributed by atoms with van der Waals surface area (Å²) in [6.45, 7) is 10.1. The molecule has 0 aliphatic carbocycles. The van der Waals surface area contributed by atoms with E-state index < -0.39 is 0 Å². The van der Waals surface area contributed by atoms with Crippen LogP contribution < -0.4 is 4.90 Å². The van der Waals surface area contributed by atoms with Crippen molar-refractivity contribution in [1.29, 1.82) is 0 Å². The molecule has 0 saturated carbocycles. The molecule has 0 bridgehead atoms. The molecule has 0 unspecified atom stereocenters. The van der Waals surface area contributed by atoms with Crippen LogP contribution in [0, 0.1) is 13.8 Å². The minimum absolute atomic E-state index is 0.368. The summed E-state index contributed by atoms with van der Waals surface area (Å²) in [4.78, 5) is 11.9. The van der Waals surface area contributed by atoms with Gasteiger partial charge in [0.2, 0.25) is 0 Å². The Bertz CT molecular complexity index is 976. The van der Waals surface area contributed by atoms with E-state index in [-0.39, 0.29) is 0 Å². The van der Waals surface area contributed by atoms with E-state index in [9.17, 15) is 5.11 Å². The maximum absolute atomic E-state index is 10.0. The van der Waals surface area contributed by atoms with E-state index in [1.807, 2.05) is 50.2 Å². The Hall–Kier alpha value is -2.31. The molecule has 5 nitrogen and oxygen atoms in total. The lowest BCUT2D eigenvalue weighted by Gasteiger charge is -2.34. The highest BCUT2D eigenvalue weighted by molar-refractivity contribution is 7.96. The summed E-state index contributed by atoms with van der Waals surface area (Å²) in [5, 5.41) is 10.0. The van der Waals surface area contributed by atoms with Gasteiger partial charge in [-0.15, -0.1) is 0 Å². The van der Waals surface area contributed by atoms with Crippen LogP contribution in [-0.2, 0) is 0 Å². The molecule has 1 N–H and O–H groups in total. The number of benzene rings is 2. The van der Waals surface area contributed by atoms with E-state index in [1.54, 1.807) is 0 Å². The third kappa shape index (κ3) is 3.80. The molecular weight excluding hydrogens is 368 g/mol. The number of phenols is 1. The molecule has 1 fully saturated rings. The van der Waals surface area contributed by atoms with Gasteiger partial charge in [-0.3, -0.25) is 4.98 Å². The summed E-state index contributed by atoms with van der Waals surface area (Å²) in [5.41, 5.74) is 5.76. The monoisotopic (exact) mass is 394 g/mol. The van der Waals surface area contributed by atoms with E-state index in [0.717, 1.165) is 71.0 Å². The number of fused-ring (bicyclic) bond motifs is 1. The van der Waals surface area contributed by atoms with Crippen LogP contribution in [0.15, 0.2) is 36.5 Å². The average molecular weight is 395 g/mol. The number of aromatic hydroxyl groups is 1. The zero-order valence-electron chi connectivity index (χ0n) is 16.6. The fraction of sp³-hybridized carbons (Fsp3) is 0.364. The van der Waals surface area contributed by atoms with E-state index >= 15 is 0 Å². The predicted octanol–water partition coefficient (Wildman–Crippen LogP) is 4.41. The molecule has 0 spiro atoms. The minimum atomic E-state index is 0.368. The van der Waals surface area contributed by atoms with Crippen molar-refractivity contribution in [2.45, 2.75) is 20.8 Å². The molecule has 1 aliphatic heterocycles. The van der Waals surface area contributed by atoms with Crippen molar-refractivity contribution in [3.63, 3.8) is 0 Å². The van der Waals surface area contributed by atoms with Crippen LogP contribution in [0.3, 0.4) is 0 Å². The van der Waals surface area contributed by atoms with Crippen molar-refractivity contribution in [2.75, 3.05) is 36.8 Å². The second-order valence-electron chi connectivity index (χ2n) is 7.22. The molecule has 28 heavy (non-hydrogen) atoms. The first kappa shape index (κ1) is 19.0. The SMILES string of the molecule is CCSN1CCN(c2cnc3ccc(-c4cc(C)c(O)c(C)c4)cc3n2)CC1. The molecule has 0 atom stereocenters. The Morgan fingerprint density at radius 2 is 1.68 bits per heavy atom. The summed E-state index contributed by atoms with van der Waals surface area (Å²) < 4.78 is 2.43. The maximum atomic E-state index is 10.0. The van der Waals surface area contributed by atoms with Gasteiger partial charge < -0.3 is 10.0 Å². The summed E-state index contributed by atoms with van der Waals surface area (Å²) in [6.07, 6.45) is 1.89. The van der Waals surface area contributed by atoms with E-state index in [1.165, 1.54) is 0 Å². The molecule has 6 heteroatoms. The highest BCUT2D eigenvalue weighted by Crippen LogP contribution is 2.30. The zero-order chi connectivity index (χ0) is 19.7. The fourth-order valence-electron chi connectivity index (χ4n) is 3.69. The summed E-state index contributed by atoms with van der Waals surface area (Å²) in [6, 6.07) is 10.2. The van der Waals surface area contributed by atoms with Gasteiger partial charge >= 0.3 is 0 Å². The first-order chi connectivity index (χ1) is 13.5. The maximum Gasteiger partial charge on any atom is 0.147 e. The zero-order valence-corrected chi connectivity index (χ0v) is 17.5. The third-order valence-corrected chi connectivity index (χ3v) is 6.22. The van der Waals surface area contributed by atoms with Crippen LogP contribution in [0.2, 0.25) is 0 Å². The first-order valence-electron chi connectivity index (χ1n) is 9.75. The molecule has 0 amide bonds. The number of piperazine rings is 1. The Morgan fingerprint density at radius 1 is 0.964 bits per heavy atom. The highest BCUT2D eigenvalue weighted by atomic mass is 32.2. The van der Waals surface area contributed by atoms with Crippen molar-refractivity contribution in [3.05, 3.63) is 47.7 Å². The molecule has 3 aromatic rings. The lowest BCUT2D eigenvalue weighted by atomic mass is 9.99. The van der Waals surface area contributed by atoms with Gasteiger partial charge in [0.05, 0.1) is 17.2 Å². The third-order valence-electron chi connectivity index (χ3n) is 5.23. The van der Waals surface area contributed by atoms with Gasteiger partial charge in [-0.1, -0.05) is 24.9 Å². The molecular formula is C22H26N4OS. The standard InChI is InChI=1S/C22H26N4OS/c1-4-28-26-9-7-25(8-10-26)21-14-23-19-6-5-17(13-20(19)24-21)18-11-15(2)22(27)16(3)12-18/h5-6,11-14,27H,4,7-10H2,1-3H3. The van der Waals surface area contributed by atoms with Crippen molar-refractivity contribution in [3.8, 4) is 16.9 Å². The van der Waals surface area contributed by atoms with Crippen molar-refractivity contribution in [1.82, 2.24) is 14.3 Å². The smallest absolute Gasteiger partial charge is 0.147 e. The van der Waals surface area contributed by atoms with Crippen LogP contribution in [-0.4, -0.2) is 51.3 Å². The molecule has 0 radical (unpaired) electrons. The topological polar surface area (TPSA) is 52.5 Å². The number of hydrogen-bond acceptors (Lipinski definition) is 6. The summed E-state index contributed by atoms with van der Waals surface area (Å²) in [7, 11) is 0. The fourth-order valence-corrected chi connectivity index (χ4v) is 4.47. The number of nitrogens with zero attached hydrogens (tertiary/aromatic N) is 4. The lowest BCUT2D eigenvalue weighted by molar-refractivity contribution is 0.428. The molecule has 1 aliphatic rings. The molecule has 2 aromatic carbocycles. The van der Waals surface area contributed by atoms with Crippen molar-refractivity contribution < 1.29 is 5.11 Å². The Labute approximate surface area is 170 Å². The number of aromatic nitrogens is 2. The van der Waals surface area contributed by atoms with Gasteiger partial charge in [0.25, 0.3) is 0 Å². The minimum Gasteiger partial charge on any atom is -0.507 e. The van der Waals surface area contributed by atoms with Crippen LogP contribution in [0.5, 0.6) is 5.75 Å². The number of rotatable bonds is 4. The van der Waals surface area contributed by atoms with Gasteiger partial charge in [-0.2, -0.15) is 0 Å². The van der Waals surface area contributed by atoms with Gasteiger partial charge in [0.15, 0.2) is 0 Å².